The van der Waals surface area contributed by atoms with E-state index >= 15 is 0 Å². The smallest absolute Gasteiger partial charge is 0.321 e. The van der Waals surface area contributed by atoms with Crippen LogP contribution in [0.2, 0.25) is 0 Å². The largest absolute Gasteiger partial charge is 0.322 e. The van der Waals surface area contributed by atoms with Gasteiger partial charge in [0.05, 0.1) is 11.4 Å². The number of nitrogens with one attached hydrogen (secondary N) is 1. The first-order valence-electron chi connectivity index (χ1n) is 9.35. The Morgan fingerprint density at radius 1 is 1.07 bits per heavy atom. The van der Waals surface area contributed by atoms with Gasteiger partial charge >= 0.3 is 6.03 Å². The third-order valence-electron chi connectivity index (χ3n) is 5.20. The molecule has 1 aliphatic rings. The molecule has 1 aliphatic heterocycles. The molecule has 0 aliphatic carbocycles. The van der Waals surface area contributed by atoms with E-state index in [-0.39, 0.29) is 6.03 Å². The lowest BCUT2D eigenvalue weighted by Crippen LogP contribution is -2.49. The molecule has 0 unspecified atom stereocenters. The number of hydrogen-bond donors (Lipinski definition) is 1. The normalized spacial score (nSPS) is 15.3. The van der Waals surface area contributed by atoms with Crippen molar-refractivity contribution in [3.05, 3.63) is 59.9 Å². The molecule has 3 aromatic rings. The minimum atomic E-state index is -0.0245. The molecular weight excluding hydrogens is 338 g/mol. The lowest BCUT2D eigenvalue weighted by atomic mass is 10.1. The van der Waals surface area contributed by atoms with Crippen LogP contribution in [0.15, 0.2) is 48.7 Å². The van der Waals surface area contributed by atoms with Crippen LogP contribution >= 0.6 is 0 Å². The summed E-state index contributed by atoms with van der Waals surface area (Å²) in [4.78, 5) is 17.0. The van der Waals surface area contributed by atoms with Crippen LogP contribution in [-0.2, 0) is 13.6 Å². The Balaban J connectivity index is 1.36. The van der Waals surface area contributed by atoms with Crippen LogP contribution in [-0.4, -0.2) is 51.8 Å². The number of carbonyl (C=O) groups excluding carboxylic acids is 1. The topological polar surface area (TPSA) is 53.4 Å². The van der Waals surface area contributed by atoms with Crippen molar-refractivity contribution in [3.8, 4) is 0 Å². The van der Waals surface area contributed by atoms with Gasteiger partial charge in [-0.2, -0.15) is 5.10 Å². The molecule has 140 valence electrons. The van der Waals surface area contributed by atoms with Crippen molar-refractivity contribution in [2.24, 2.45) is 7.05 Å². The summed E-state index contributed by atoms with van der Waals surface area (Å²) in [6.07, 6.45) is 2.08. The Morgan fingerprint density at radius 2 is 1.81 bits per heavy atom. The molecule has 27 heavy (non-hydrogen) atoms. The van der Waals surface area contributed by atoms with Crippen molar-refractivity contribution in [1.29, 1.82) is 0 Å². The molecule has 1 fully saturated rings. The molecular formula is C21H25N5O. The van der Waals surface area contributed by atoms with E-state index in [1.165, 1.54) is 5.56 Å². The summed E-state index contributed by atoms with van der Waals surface area (Å²) in [5.74, 6) is 0. The summed E-state index contributed by atoms with van der Waals surface area (Å²) in [6.45, 7) is 6.14. The number of aryl methyl sites for hydroxylation is 2. The Hall–Kier alpha value is -2.86. The SMILES string of the molecule is Cc1nn(C)cc1CN1CCN(C(=O)Nc2cccc3ccccc23)CC1. The van der Waals surface area contributed by atoms with Crippen molar-refractivity contribution in [3.63, 3.8) is 0 Å². The molecule has 4 rings (SSSR count). The van der Waals surface area contributed by atoms with Gasteiger partial charge in [0, 0.05) is 56.9 Å². The predicted molar refractivity (Wildman–Crippen MR) is 108 cm³/mol. The van der Waals surface area contributed by atoms with Crippen molar-refractivity contribution in [1.82, 2.24) is 19.6 Å². The van der Waals surface area contributed by atoms with Crippen molar-refractivity contribution >= 4 is 22.5 Å². The second-order valence-electron chi connectivity index (χ2n) is 7.13. The average molecular weight is 363 g/mol. The van der Waals surface area contributed by atoms with E-state index in [0.717, 1.165) is 54.9 Å². The maximum absolute atomic E-state index is 12.7. The predicted octanol–water partition coefficient (Wildman–Crippen LogP) is 3.23. The van der Waals surface area contributed by atoms with Gasteiger partial charge in [0.2, 0.25) is 0 Å². The second kappa shape index (κ2) is 7.40. The number of anilines is 1. The summed E-state index contributed by atoms with van der Waals surface area (Å²) < 4.78 is 1.86. The van der Waals surface area contributed by atoms with Gasteiger partial charge < -0.3 is 10.2 Å². The standard InChI is InChI=1S/C21H25N5O/c1-16-18(14-24(2)23-16)15-25-10-12-26(13-11-25)21(27)22-20-9-5-7-17-6-3-4-8-19(17)20/h3-9,14H,10-13,15H2,1-2H3,(H,22,27). The van der Waals surface area contributed by atoms with E-state index in [9.17, 15) is 4.79 Å². The molecule has 0 atom stereocenters. The number of nitrogens with zero attached hydrogens (tertiary/aromatic N) is 4. The highest BCUT2D eigenvalue weighted by atomic mass is 16.2. The maximum atomic E-state index is 12.7. The van der Waals surface area contributed by atoms with Gasteiger partial charge in [-0.25, -0.2) is 4.79 Å². The Bertz CT molecular complexity index is 951. The van der Waals surface area contributed by atoms with Crippen LogP contribution in [0.1, 0.15) is 11.3 Å². The fourth-order valence-corrected chi connectivity index (χ4v) is 3.68. The molecule has 0 spiro atoms. The fourth-order valence-electron chi connectivity index (χ4n) is 3.68. The zero-order valence-electron chi connectivity index (χ0n) is 15.9. The minimum Gasteiger partial charge on any atom is -0.322 e. The fraction of sp³-hybridized carbons (Fsp3) is 0.333. The van der Waals surface area contributed by atoms with Crippen LogP contribution in [0.25, 0.3) is 10.8 Å². The van der Waals surface area contributed by atoms with Gasteiger partial charge in [-0.15, -0.1) is 0 Å². The Morgan fingerprint density at radius 3 is 2.56 bits per heavy atom. The number of rotatable bonds is 3. The molecule has 1 N–H and O–H groups in total. The second-order valence-corrected chi connectivity index (χ2v) is 7.13. The van der Waals surface area contributed by atoms with Gasteiger partial charge in [0.15, 0.2) is 0 Å². The molecule has 1 aromatic heterocycles. The van der Waals surface area contributed by atoms with Gasteiger partial charge in [-0.3, -0.25) is 9.58 Å². The molecule has 0 saturated carbocycles. The summed E-state index contributed by atoms with van der Waals surface area (Å²) in [7, 11) is 1.95. The highest BCUT2D eigenvalue weighted by Gasteiger charge is 2.22. The number of piperazine rings is 1. The molecule has 6 heteroatoms. The monoisotopic (exact) mass is 363 g/mol. The minimum absolute atomic E-state index is 0.0245. The summed E-state index contributed by atoms with van der Waals surface area (Å²) in [5.41, 5.74) is 3.20. The number of carbonyl (C=O) groups is 1. The van der Waals surface area contributed by atoms with E-state index in [4.69, 9.17) is 0 Å². The van der Waals surface area contributed by atoms with Crippen molar-refractivity contribution < 1.29 is 4.79 Å². The van der Waals surface area contributed by atoms with Crippen LogP contribution < -0.4 is 5.32 Å². The van der Waals surface area contributed by atoms with E-state index in [1.54, 1.807) is 0 Å². The van der Waals surface area contributed by atoms with Crippen LogP contribution in [0.3, 0.4) is 0 Å². The highest BCUT2D eigenvalue weighted by molar-refractivity contribution is 6.01. The van der Waals surface area contributed by atoms with Gasteiger partial charge in [-0.1, -0.05) is 36.4 Å². The number of hydrogen-bond acceptors (Lipinski definition) is 3. The van der Waals surface area contributed by atoms with Gasteiger partial charge in [-0.05, 0) is 18.4 Å². The average Bonchev–Trinajstić information content (AvgIpc) is 2.99. The number of aromatic nitrogens is 2. The molecule has 2 aromatic carbocycles. The van der Waals surface area contributed by atoms with Crippen LogP contribution in [0, 0.1) is 6.92 Å². The number of fused-ring (bicyclic) bond motifs is 1. The maximum Gasteiger partial charge on any atom is 0.321 e. The lowest BCUT2D eigenvalue weighted by Gasteiger charge is -2.34. The molecule has 2 heterocycles. The first-order valence-corrected chi connectivity index (χ1v) is 9.35. The summed E-state index contributed by atoms with van der Waals surface area (Å²) in [6, 6.07) is 14.1. The Labute approximate surface area is 159 Å². The van der Waals surface area contributed by atoms with Crippen LogP contribution in [0.5, 0.6) is 0 Å². The lowest BCUT2D eigenvalue weighted by molar-refractivity contribution is 0.143. The molecule has 2 amide bonds. The molecule has 0 bridgehead atoms. The third kappa shape index (κ3) is 3.80. The zero-order valence-corrected chi connectivity index (χ0v) is 15.9. The summed E-state index contributed by atoms with van der Waals surface area (Å²) in [5, 5.41) is 9.69. The van der Waals surface area contributed by atoms with Gasteiger partial charge in [0.1, 0.15) is 0 Å². The highest BCUT2D eigenvalue weighted by Crippen LogP contribution is 2.23. The molecule has 6 nitrogen and oxygen atoms in total. The quantitative estimate of drug-likeness (QED) is 0.777. The van der Waals surface area contributed by atoms with E-state index in [2.05, 4.69) is 33.6 Å². The molecule has 0 radical (unpaired) electrons. The third-order valence-corrected chi connectivity index (χ3v) is 5.20. The first kappa shape index (κ1) is 17.5. The first-order chi connectivity index (χ1) is 13.1. The number of urea groups is 1. The molecule has 1 saturated heterocycles. The summed E-state index contributed by atoms with van der Waals surface area (Å²) >= 11 is 0. The number of amides is 2. The van der Waals surface area contributed by atoms with E-state index < -0.39 is 0 Å². The van der Waals surface area contributed by atoms with Crippen molar-refractivity contribution in [2.45, 2.75) is 13.5 Å². The van der Waals surface area contributed by atoms with E-state index in [1.807, 2.05) is 53.9 Å². The van der Waals surface area contributed by atoms with Gasteiger partial charge in [0.25, 0.3) is 0 Å². The zero-order chi connectivity index (χ0) is 18.8. The van der Waals surface area contributed by atoms with Crippen molar-refractivity contribution in [2.75, 3.05) is 31.5 Å². The number of benzene rings is 2. The Kier molecular flexibility index (Phi) is 4.81. The van der Waals surface area contributed by atoms with Crippen LogP contribution in [0.4, 0.5) is 10.5 Å². The van der Waals surface area contributed by atoms with E-state index in [0.29, 0.717) is 0 Å².